The number of nitrogens with zero attached hydrogens (tertiary/aromatic N) is 3. The Bertz CT molecular complexity index is 1380. The molecule has 2 aromatic heterocycles. The second-order valence-corrected chi connectivity index (χ2v) is 11.8. The van der Waals surface area contributed by atoms with Gasteiger partial charge in [-0.05, 0) is 74.0 Å². The lowest BCUT2D eigenvalue weighted by Gasteiger charge is -2.30. The molecular formula is C30H34F3N5O3. The van der Waals surface area contributed by atoms with E-state index < -0.39 is 24.1 Å². The average Bonchev–Trinajstić information content (AvgIpc) is 3.62. The van der Waals surface area contributed by atoms with Crippen LogP contribution in [-0.2, 0) is 22.6 Å². The molecule has 0 spiro atoms. The number of benzene rings is 1. The van der Waals surface area contributed by atoms with Crippen LogP contribution in [0.15, 0.2) is 48.7 Å². The number of hydrogen-bond acceptors (Lipinski definition) is 5. The highest BCUT2D eigenvalue weighted by atomic mass is 19.4. The fourth-order valence-electron chi connectivity index (χ4n) is 6.45. The van der Waals surface area contributed by atoms with Gasteiger partial charge in [0.05, 0.1) is 29.5 Å². The lowest BCUT2D eigenvalue weighted by Crippen LogP contribution is -2.47. The van der Waals surface area contributed by atoms with Crippen LogP contribution in [-0.4, -0.2) is 39.3 Å². The summed E-state index contributed by atoms with van der Waals surface area (Å²) in [7, 11) is 0. The summed E-state index contributed by atoms with van der Waals surface area (Å²) in [4.78, 5) is 30.0. The van der Waals surface area contributed by atoms with Crippen molar-refractivity contribution in [3.63, 3.8) is 0 Å². The third-order valence-electron chi connectivity index (χ3n) is 8.94. The Morgan fingerprint density at radius 2 is 1.83 bits per heavy atom. The van der Waals surface area contributed by atoms with Crippen LogP contribution in [0.4, 0.5) is 18.0 Å². The summed E-state index contributed by atoms with van der Waals surface area (Å²) < 4.78 is 47.0. The highest BCUT2D eigenvalue weighted by Gasteiger charge is 2.45. The molecule has 3 fully saturated rings. The average molecular weight is 570 g/mol. The summed E-state index contributed by atoms with van der Waals surface area (Å²) in [6, 6.07) is 12.6. The molecule has 0 bridgehead atoms. The Labute approximate surface area is 236 Å². The molecule has 6 rings (SSSR count). The molecule has 1 aliphatic heterocycles. The predicted octanol–water partition coefficient (Wildman–Crippen LogP) is 5.38. The number of amides is 2. The summed E-state index contributed by atoms with van der Waals surface area (Å²) in [5.74, 6) is -0.998. The van der Waals surface area contributed by atoms with E-state index in [1.165, 1.54) is 6.42 Å². The lowest BCUT2D eigenvalue weighted by atomic mass is 9.86. The van der Waals surface area contributed by atoms with E-state index in [0.717, 1.165) is 43.1 Å². The number of ether oxygens (including phenoxy) is 1. The molecule has 1 aromatic carbocycles. The number of rotatable bonds is 7. The van der Waals surface area contributed by atoms with Gasteiger partial charge in [-0.3, -0.25) is 4.79 Å². The topological polar surface area (TPSA) is 97.6 Å². The second kappa shape index (κ2) is 11.3. The van der Waals surface area contributed by atoms with Crippen molar-refractivity contribution < 1.29 is 27.5 Å². The molecule has 2 saturated carbocycles. The highest BCUT2D eigenvalue weighted by Crippen LogP contribution is 2.51. The molecule has 8 nitrogen and oxygen atoms in total. The van der Waals surface area contributed by atoms with E-state index >= 15 is 0 Å². The maximum Gasteiger partial charge on any atom is 0.408 e. The van der Waals surface area contributed by atoms with Crippen LogP contribution in [0.25, 0.3) is 5.65 Å². The number of fused-ring (bicyclic) bond motifs is 2. The van der Waals surface area contributed by atoms with Gasteiger partial charge in [-0.15, -0.1) is 0 Å². The number of carbonyl (C=O) groups excluding carboxylic acids is 2. The van der Waals surface area contributed by atoms with Gasteiger partial charge < -0.3 is 15.4 Å². The van der Waals surface area contributed by atoms with Crippen LogP contribution in [0.3, 0.4) is 0 Å². The van der Waals surface area contributed by atoms with Gasteiger partial charge in [-0.1, -0.05) is 30.3 Å². The summed E-state index contributed by atoms with van der Waals surface area (Å²) in [6.07, 6.45) is 2.26. The largest absolute Gasteiger partial charge is 0.445 e. The molecule has 11 heteroatoms. The number of alkyl carbamates (subject to hydrolysis) is 1. The Hall–Kier alpha value is -3.63. The molecule has 218 valence electrons. The summed E-state index contributed by atoms with van der Waals surface area (Å²) in [5.41, 5.74) is 2.63. The first kappa shape index (κ1) is 27.5. The standard InChI is InChI=1S/C30H34F3N5O3/c31-30(32,33)23-13-22(28(39)34-15-23)14-24-10-11-26-35-25(16-38(26)37-24)27(19-6-8-20-12-21(20)9-7-19)36-29(40)41-17-18-4-2-1-3-5-18/h1-5,10-11,16,19-23,27H,6-9,12-15,17H2,(H,34,39)(H,36,40)/t19?,20?,21?,22?,23-,27?/m1/s1. The number of aromatic nitrogens is 3. The van der Waals surface area contributed by atoms with Crippen molar-refractivity contribution in [1.29, 1.82) is 0 Å². The molecular weight excluding hydrogens is 535 g/mol. The molecule has 2 N–H and O–H groups in total. The van der Waals surface area contributed by atoms with E-state index in [-0.39, 0.29) is 43.9 Å². The highest BCUT2D eigenvalue weighted by molar-refractivity contribution is 5.79. The first-order valence-electron chi connectivity index (χ1n) is 14.4. The monoisotopic (exact) mass is 569 g/mol. The molecule has 4 unspecified atom stereocenters. The zero-order valence-corrected chi connectivity index (χ0v) is 22.6. The van der Waals surface area contributed by atoms with Gasteiger partial charge in [0.15, 0.2) is 5.65 Å². The minimum absolute atomic E-state index is 0.0980. The fraction of sp³-hybridized carbons (Fsp3) is 0.533. The number of carbonyl (C=O) groups is 2. The Kier molecular flexibility index (Phi) is 7.61. The number of imidazole rings is 1. The number of alkyl halides is 3. The Balaban J connectivity index is 1.19. The zero-order valence-electron chi connectivity index (χ0n) is 22.6. The fourth-order valence-corrected chi connectivity index (χ4v) is 6.45. The molecule has 3 aromatic rings. The maximum atomic E-state index is 13.3. The number of nitrogens with one attached hydrogen (secondary N) is 2. The molecule has 2 amide bonds. The van der Waals surface area contributed by atoms with Gasteiger partial charge in [0.2, 0.25) is 5.91 Å². The Morgan fingerprint density at radius 3 is 2.56 bits per heavy atom. The van der Waals surface area contributed by atoms with Crippen molar-refractivity contribution in [3.05, 3.63) is 65.6 Å². The van der Waals surface area contributed by atoms with Crippen molar-refractivity contribution >= 4 is 17.6 Å². The minimum Gasteiger partial charge on any atom is -0.445 e. The van der Waals surface area contributed by atoms with Gasteiger partial charge in [-0.2, -0.15) is 18.3 Å². The minimum atomic E-state index is -4.36. The molecule has 3 heterocycles. The van der Waals surface area contributed by atoms with E-state index in [1.54, 1.807) is 22.8 Å². The molecule has 5 atom stereocenters. The second-order valence-electron chi connectivity index (χ2n) is 11.8. The quantitative estimate of drug-likeness (QED) is 0.398. The molecule has 1 saturated heterocycles. The van der Waals surface area contributed by atoms with Crippen LogP contribution < -0.4 is 10.6 Å². The number of halogens is 3. The maximum absolute atomic E-state index is 13.3. The number of hydrogen-bond donors (Lipinski definition) is 2. The first-order chi connectivity index (χ1) is 19.7. The van der Waals surface area contributed by atoms with Crippen molar-refractivity contribution in [1.82, 2.24) is 25.2 Å². The van der Waals surface area contributed by atoms with Crippen LogP contribution >= 0.6 is 0 Å². The summed E-state index contributed by atoms with van der Waals surface area (Å²) >= 11 is 0. The van der Waals surface area contributed by atoms with E-state index in [4.69, 9.17) is 9.72 Å². The van der Waals surface area contributed by atoms with Gasteiger partial charge in [0, 0.05) is 18.9 Å². The van der Waals surface area contributed by atoms with Gasteiger partial charge in [-0.25, -0.2) is 14.3 Å². The molecule has 0 radical (unpaired) electrons. The van der Waals surface area contributed by atoms with Crippen molar-refractivity contribution in [3.8, 4) is 0 Å². The van der Waals surface area contributed by atoms with E-state index in [2.05, 4.69) is 15.7 Å². The number of piperidine rings is 1. The van der Waals surface area contributed by atoms with Crippen molar-refractivity contribution in [2.24, 2.45) is 29.6 Å². The van der Waals surface area contributed by atoms with Crippen LogP contribution in [0, 0.1) is 29.6 Å². The smallest absolute Gasteiger partial charge is 0.408 e. The van der Waals surface area contributed by atoms with E-state index in [1.807, 2.05) is 30.3 Å². The van der Waals surface area contributed by atoms with Gasteiger partial charge >= 0.3 is 12.3 Å². The Morgan fingerprint density at radius 1 is 1.07 bits per heavy atom. The molecule has 3 aliphatic rings. The zero-order chi connectivity index (χ0) is 28.6. The molecule has 2 aliphatic carbocycles. The lowest BCUT2D eigenvalue weighted by molar-refractivity contribution is -0.183. The third-order valence-corrected chi connectivity index (χ3v) is 8.94. The normalized spacial score (nSPS) is 26.9. The summed E-state index contributed by atoms with van der Waals surface area (Å²) in [6.45, 7) is -0.227. The van der Waals surface area contributed by atoms with E-state index in [9.17, 15) is 22.8 Å². The molecule has 41 heavy (non-hydrogen) atoms. The van der Waals surface area contributed by atoms with Crippen molar-refractivity contribution in [2.45, 2.75) is 63.8 Å². The van der Waals surface area contributed by atoms with Crippen LogP contribution in [0.2, 0.25) is 0 Å². The van der Waals surface area contributed by atoms with Crippen molar-refractivity contribution in [2.75, 3.05) is 6.54 Å². The van der Waals surface area contributed by atoms with Gasteiger partial charge in [0.25, 0.3) is 0 Å². The van der Waals surface area contributed by atoms with E-state index in [0.29, 0.717) is 17.0 Å². The van der Waals surface area contributed by atoms with Crippen LogP contribution in [0.1, 0.15) is 61.5 Å². The van der Waals surface area contributed by atoms with Crippen LogP contribution in [0.5, 0.6) is 0 Å². The summed E-state index contributed by atoms with van der Waals surface area (Å²) in [5, 5.41) is 10.0. The SMILES string of the molecule is O=C(NC(c1cn2nc(CC3C[C@@H](C(F)(F)F)CNC3=O)ccc2n1)C1CCC2CC2CC1)OCc1ccccc1. The predicted molar refractivity (Wildman–Crippen MR) is 143 cm³/mol. The first-order valence-corrected chi connectivity index (χ1v) is 14.4. The van der Waals surface area contributed by atoms with Gasteiger partial charge in [0.1, 0.15) is 6.61 Å². The third kappa shape index (κ3) is 6.49.